The van der Waals surface area contributed by atoms with E-state index in [2.05, 4.69) is 19.7 Å². The first-order valence-corrected chi connectivity index (χ1v) is 3.09. The molecule has 0 amide bonds. The zero-order valence-electron chi connectivity index (χ0n) is 5.81. The molecule has 11 heavy (non-hydrogen) atoms. The van der Waals surface area contributed by atoms with Crippen molar-refractivity contribution in [3.8, 4) is 0 Å². The summed E-state index contributed by atoms with van der Waals surface area (Å²) < 4.78 is 0. The molecule has 0 saturated carbocycles. The Kier molecular flexibility index (Phi) is 1.19. The first-order chi connectivity index (χ1) is 5.21. The van der Waals surface area contributed by atoms with E-state index < -0.39 is 5.97 Å². The van der Waals surface area contributed by atoms with Gasteiger partial charge in [0.05, 0.1) is 11.9 Å². The van der Waals surface area contributed by atoms with Crippen molar-refractivity contribution in [3.63, 3.8) is 0 Å². The van der Waals surface area contributed by atoms with Crippen LogP contribution in [0.3, 0.4) is 0 Å². The second-order valence-electron chi connectivity index (χ2n) is 2.29. The highest BCUT2D eigenvalue weighted by Gasteiger charge is 2.51. The molecule has 5 nitrogen and oxygen atoms in total. The Balaban J connectivity index is 2.33. The first kappa shape index (κ1) is 6.66. The van der Waals surface area contributed by atoms with Gasteiger partial charge in [-0.25, -0.2) is 4.98 Å². The monoisotopic (exact) mass is 154 g/mol. The summed E-state index contributed by atoms with van der Waals surface area (Å²) >= 11 is 0. The van der Waals surface area contributed by atoms with Crippen LogP contribution in [0.1, 0.15) is 11.4 Å². The van der Waals surface area contributed by atoms with Crippen LogP contribution < -0.4 is 0 Å². The normalized spacial score (nSPS) is 19.8. The number of rotatable bonds is 1. The lowest BCUT2D eigenvalue weighted by molar-refractivity contribution is 0.0215. The van der Waals surface area contributed by atoms with E-state index in [-0.39, 0.29) is 5.69 Å². The van der Waals surface area contributed by atoms with Crippen molar-refractivity contribution in [3.05, 3.63) is 23.8 Å². The van der Waals surface area contributed by atoms with Gasteiger partial charge in [-0.05, 0) is 6.92 Å². The lowest BCUT2D eigenvalue weighted by Crippen LogP contribution is -2.09. The van der Waals surface area contributed by atoms with Gasteiger partial charge in [0.2, 0.25) is 0 Å². The molecule has 2 heterocycles. The van der Waals surface area contributed by atoms with Gasteiger partial charge in [-0.1, -0.05) is 0 Å². The van der Waals surface area contributed by atoms with E-state index in [0.717, 1.165) is 5.69 Å². The van der Waals surface area contributed by atoms with Crippen LogP contribution in [0.5, 0.6) is 0 Å². The van der Waals surface area contributed by atoms with E-state index in [1.807, 2.05) is 0 Å². The molecule has 58 valence electrons. The molecule has 0 spiro atoms. The minimum atomic E-state index is -1.64. The second-order valence-corrected chi connectivity index (χ2v) is 2.29. The number of hydrogen-bond donors (Lipinski definition) is 1. The predicted molar refractivity (Wildman–Crippen MR) is 32.8 cm³/mol. The molecular formula is C6H6N2O3. The molecule has 1 fully saturated rings. The summed E-state index contributed by atoms with van der Waals surface area (Å²) in [6.45, 7) is 1.80. The number of hydrogen-bond acceptors (Lipinski definition) is 5. The smallest absolute Gasteiger partial charge is 0.335 e. The average molecular weight is 154 g/mol. The van der Waals surface area contributed by atoms with Crippen LogP contribution in [0.2, 0.25) is 0 Å². The minimum Gasteiger partial charge on any atom is -0.335 e. The lowest BCUT2D eigenvalue weighted by Gasteiger charge is -1.96. The molecule has 0 radical (unpaired) electrons. The van der Waals surface area contributed by atoms with E-state index >= 15 is 0 Å². The lowest BCUT2D eigenvalue weighted by atomic mass is 10.4. The van der Waals surface area contributed by atoms with Crippen molar-refractivity contribution in [2.75, 3.05) is 0 Å². The molecule has 5 heteroatoms. The van der Waals surface area contributed by atoms with Gasteiger partial charge in [-0.3, -0.25) is 4.98 Å². The predicted octanol–water partition coefficient (Wildman–Crippen LogP) is -0.151. The number of aryl methyl sites for hydroxylation is 1. The van der Waals surface area contributed by atoms with Gasteiger partial charge in [0.15, 0.2) is 5.69 Å². The Morgan fingerprint density at radius 2 is 2.09 bits per heavy atom. The molecule has 1 N–H and O–H groups in total. The fraction of sp³-hybridized carbons (Fsp3) is 0.333. The largest absolute Gasteiger partial charge is 0.383 e. The van der Waals surface area contributed by atoms with Gasteiger partial charge in [-0.15, -0.1) is 0 Å². The Morgan fingerprint density at radius 3 is 2.55 bits per heavy atom. The molecule has 2 rings (SSSR count). The molecule has 1 aliphatic rings. The topological polar surface area (TPSA) is 71.1 Å². The van der Waals surface area contributed by atoms with E-state index in [9.17, 15) is 0 Å². The molecule has 0 bridgehead atoms. The maximum atomic E-state index is 9.14. The van der Waals surface area contributed by atoms with Crippen molar-refractivity contribution < 1.29 is 14.9 Å². The maximum absolute atomic E-state index is 9.14. The number of aliphatic hydroxyl groups is 1. The third-order valence-electron chi connectivity index (χ3n) is 1.35. The molecule has 1 aliphatic heterocycles. The zero-order chi connectivity index (χ0) is 7.90. The van der Waals surface area contributed by atoms with Gasteiger partial charge >= 0.3 is 5.97 Å². The highest BCUT2D eigenvalue weighted by atomic mass is 17.4. The third-order valence-corrected chi connectivity index (χ3v) is 1.35. The quantitative estimate of drug-likeness (QED) is 0.450. The Labute approximate surface area is 62.5 Å². The van der Waals surface area contributed by atoms with Crippen molar-refractivity contribution in [2.24, 2.45) is 0 Å². The Morgan fingerprint density at radius 1 is 1.36 bits per heavy atom. The number of nitrogens with zero attached hydrogens (tertiary/aromatic N) is 2. The second kappa shape index (κ2) is 1.97. The molecule has 1 aromatic heterocycles. The van der Waals surface area contributed by atoms with Crippen LogP contribution in [0.4, 0.5) is 0 Å². The van der Waals surface area contributed by atoms with E-state index in [1.54, 1.807) is 6.92 Å². The molecule has 0 aliphatic carbocycles. The van der Waals surface area contributed by atoms with Gasteiger partial charge < -0.3 is 5.11 Å². The van der Waals surface area contributed by atoms with Gasteiger partial charge in [0.1, 0.15) is 0 Å². The highest BCUT2D eigenvalue weighted by molar-refractivity contribution is 5.05. The Hall–Kier alpha value is -1.04. The zero-order valence-corrected chi connectivity index (χ0v) is 5.81. The van der Waals surface area contributed by atoms with Crippen LogP contribution in [0.15, 0.2) is 12.4 Å². The summed E-state index contributed by atoms with van der Waals surface area (Å²) in [6, 6.07) is 0. The summed E-state index contributed by atoms with van der Waals surface area (Å²) in [5.41, 5.74) is 1.04. The van der Waals surface area contributed by atoms with Crippen LogP contribution in [-0.2, 0) is 15.7 Å². The summed E-state index contributed by atoms with van der Waals surface area (Å²) in [5, 5.41) is 9.14. The molecule has 1 aromatic rings. The fourth-order valence-electron chi connectivity index (χ4n) is 0.681. The van der Waals surface area contributed by atoms with Crippen LogP contribution in [0.25, 0.3) is 0 Å². The minimum absolute atomic E-state index is 0.267. The van der Waals surface area contributed by atoms with Crippen LogP contribution in [0, 0.1) is 6.92 Å². The average Bonchev–Trinajstić information content (AvgIpc) is 2.70. The van der Waals surface area contributed by atoms with Crippen molar-refractivity contribution in [1.29, 1.82) is 0 Å². The van der Waals surface area contributed by atoms with E-state index in [4.69, 9.17) is 5.11 Å². The van der Waals surface area contributed by atoms with Crippen LogP contribution >= 0.6 is 0 Å². The Bertz CT molecular complexity index is 268. The molecule has 0 atom stereocenters. The number of aromatic nitrogens is 2. The maximum Gasteiger partial charge on any atom is 0.383 e. The fourth-order valence-corrected chi connectivity index (χ4v) is 0.681. The summed E-state index contributed by atoms with van der Waals surface area (Å²) in [7, 11) is 0. The van der Waals surface area contributed by atoms with Crippen molar-refractivity contribution >= 4 is 0 Å². The van der Waals surface area contributed by atoms with E-state index in [0.29, 0.717) is 0 Å². The third kappa shape index (κ3) is 1.09. The summed E-state index contributed by atoms with van der Waals surface area (Å²) in [4.78, 5) is 16.3. The van der Waals surface area contributed by atoms with Gasteiger partial charge in [0.25, 0.3) is 0 Å². The summed E-state index contributed by atoms with van der Waals surface area (Å²) in [6.07, 6.45) is 2.93. The van der Waals surface area contributed by atoms with Gasteiger partial charge in [-0.2, -0.15) is 9.78 Å². The molecule has 1 saturated heterocycles. The van der Waals surface area contributed by atoms with Gasteiger partial charge in [0, 0.05) is 6.20 Å². The standard InChI is InChI=1S/C6H6N2O3/c1-4-2-8-5(3-7-4)6(9)10-11-6/h2-3,9H,1H3. The summed E-state index contributed by atoms with van der Waals surface area (Å²) in [5.74, 6) is -1.64. The molecular weight excluding hydrogens is 148 g/mol. The van der Waals surface area contributed by atoms with Crippen molar-refractivity contribution in [1.82, 2.24) is 9.97 Å². The highest BCUT2D eigenvalue weighted by Crippen LogP contribution is 2.35. The van der Waals surface area contributed by atoms with E-state index in [1.165, 1.54) is 12.4 Å². The molecule has 0 unspecified atom stereocenters. The SMILES string of the molecule is Cc1cnc(C2(O)OO2)cn1. The van der Waals surface area contributed by atoms with Crippen LogP contribution in [-0.4, -0.2) is 15.1 Å². The first-order valence-electron chi connectivity index (χ1n) is 3.09. The van der Waals surface area contributed by atoms with Crippen molar-refractivity contribution in [2.45, 2.75) is 12.9 Å². The molecule has 0 aromatic carbocycles.